The van der Waals surface area contributed by atoms with Crippen LogP contribution in [0, 0.1) is 5.82 Å². The Morgan fingerprint density at radius 2 is 1.78 bits per heavy atom. The summed E-state index contributed by atoms with van der Waals surface area (Å²) in [6.07, 6.45) is 5.18. The van der Waals surface area contributed by atoms with Gasteiger partial charge in [0.2, 0.25) is 5.91 Å². The van der Waals surface area contributed by atoms with Crippen molar-refractivity contribution >= 4 is 17.8 Å². The number of H-pyrrole nitrogens is 1. The fourth-order valence-electron chi connectivity index (χ4n) is 2.60. The van der Waals surface area contributed by atoms with Crippen LogP contribution in [0.15, 0.2) is 54.7 Å². The third-order valence-corrected chi connectivity index (χ3v) is 3.91. The average molecular weight is 312 g/mol. The molecule has 0 spiro atoms. The number of benzene rings is 1. The molecule has 2 heterocycles. The van der Waals surface area contributed by atoms with Crippen molar-refractivity contribution < 1.29 is 14.2 Å². The second-order valence-corrected chi connectivity index (χ2v) is 5.45. The van der Waals surface area contributed by atoms with Crippen LogP contribution in [0.25, 0.3) is 6.08 Å². The Morgan fingerprint density at radius 1 is 1.04 bits per heavy atom. The van der Waals surface area contributed by atoms with E-state index in [-0.39, 0.29) is 11.7 Å². The summed E-state index contributed by atoms with van der Waals surface area (Å²) in [5.41, 5.74) is 0.817. The van der Waals surface area contributed by atoms with E-state index in [2.05, 4.69) is 9.88 Å². The number of amides is 1. The van der Waals surface area contributed by atoms with Crippen molar-refractivity contribution in [3.63, 3.8) is 0 Å². The number of hydrogen-bond donors (Lipinski definition) is 0. The van der Waals surface area contributed by atoms with Gasteiger partial charge in [0.25, 0.3) is 5.82 Å². The van der Waals surface area contributed by atoms with E-state index in [1.54, 1.807) is 24.3 Å². The second kappa shape index (κ2) is 7.05. The van der Waals surface area contributed by atoms with Crippen molar-refractivity contribution in [3.05, 3.63) is 66.1 Å². The normalized spacial score (nSPS) is 15.2. The van der Waals surface area contributed by atoms with Gasteiger partial charge in [0.1, 0.15) is 18.9 Å². The van der Waals surface area contributed by atoms with E-state index in [0.29, 0.717) is 13.1 Å². The number of rotatable bonds is 3. The molecule has 1 N–H and O–H groups in total. The van der Waals surface area contributed by atoms with Crippen molar-refractivity contribution in [1.29, 1.82) is 0 Å². The summed E-state index contributed by atoms with van der Waals surface area (Å²) in [5.74, 6) is 0.787. The SMILES string of the molecule is O=C(/C=C/c1ccc(F)cc1)N1CCN(c2cccc[nH+]2)CC1. The van der Waals surface area contributed by atoms with Crippen LogP contribution in [-0.4, -0.2) is 37.0 Å². The highest BCUT2D eigenvalue weighted by atomic mass is 19.1. The fraction of sp³-hybridized carbons (Fsp3) is 0.222. The van der Waals surface area contributed by atoms with E-state index in [1.165, 1.54) is 12.1 Å². The molecule has 0 saturated carbocycles. The van der Waals surface area contributed by atoms with E-state index in [0.717, 1.165) is 24.5 Å². The Morgan fingerprint density at radius 3 is 2.43 bits per heavy atom. The smallest absolute Gasteiger partial charge is 0.274 e. The Hall–Kier alpha value is -2.69. The first-order chi connectivity index (χ1) is 11.2. The molecule has 0 radical (unpaired) electrons. The van der Waals surface area contributed by atoms with Gasteiger partial charge in [0.15, 0.2) is 0 Å². The molecule has 1 saturated heterocycles. The summed E-state index contributed by atoms with van der Waals surface area (Å²) in [6, 6.07) is 12.1. The molecule has 2 aromatic rings. The number of nitrogens with one attached hydrogen (secondary N) is 1. The zero-order chi connectivity index (χ0) is 16.1. The van der Waals surface area contributed by atoms with E-state index in [9.17, 15) is 9.18 Å². The number of nitrogens with zero attached hydrogens (tertiary/aromatic N) is 2. The molecule has 3 rings (SSSR count). The first-order valence-electron chi connectivity index (χ1n) is 7.66. The Labute approximate surface area is 134 Å². The highest BCUT2D eigenvalue weighted by molar-refractivity contribution is 5.91. The van der Waals surface area contributed by atoms with E-state index >= 15 is 0 Å². The van der Waals surface area contributed by atoms with Gasteiger partial charge in [-0.2, -0.15) is 0 Å². The lowest BCUT2D eigenvalue weighted by atomic mass is 10.2. The monoisotopic (exact) mass is 312 g/mol. The van der Waals surface area contributed by atoms with Gasteiger partial charge in [-0.05, 0) is 29.8 Å². The Bertz CT molecular complexity index is 677. The van der Waals surface area contributed by atoms with Gasteiger partial charge in [-0.15, -0.1) is 0 Å². The second-order valence-electron chi connectivity index (χ2n) is 5.45. The number of aromatic nitrogens is 1. The quantitative estimate of drug-likeness (QED) is 0.813. The van der Waals surface area contributed by atoms with Gasteiger partial charge in [-0.25, -0.2) is 9.37 Å². The number of pyridine rings is 1. The van der Waals surface area contributed by atoms with Crippen LogP contribution in [0.4, 0.5) is 10.2 Å². The van der Waals surface area contributed by atoms with Gasteiger partial charge in [0.05, 0.1) is 19.3 Å². The van der Waals surface area contributed by atoms with Crippen LogP contribution in [0.3, 0.4) is 0 Å². The molecule has 0 unspecified atom stereocenters. The molecule has 1 aliphatic heterocycles. The zero-order valence-electron chi connectivity index (χ0n) is 12.8. The van der Waals surface area contributed by atoms with Crippen LogP contribution < -0.4 is 9.88 Å². The molecule has 1 aliphatic rings. The molecule has 118 valence electrons. The van der Waals surface area contributed by atoms with Gasteiger partial charge in [-0.1, -0.05) is 18.2 Å². The van der Waals surface area contributed by atoms with Crippen molar-refractivity contribution in [2.24, 2.45) is 0 Å². The van der Waals surface area contributed by atoms with E-state index in [4.69, 9.17) is 0 Å². The average Bonchev–Trinajstić information content (AvgIpc) is 2.62. The lowest BCUT2D eigenvalue weighted by Gasteiger charge is -2.30. The lowest BCUT2D eigenvalue weighted by Crippen LogP contribution is -2.49. The summed E-state index contributed by atoms with van der Waals surface area (Å²) in [5, 5.41) is 0. The van der Waals surface area contributed by atoms with Crippen LogP contribution >= 0.6 is 0 Å². The van der Waals surface area contributed by atoms with Gasteiger partial charge in [-0.3, -0.25) is 9.69 Å². The molecule has 23 heavy (non-hydrogen) atoms. The minimum absolute atomic E-state index is 0.00832. The maximum Gasteiger partial charge on any atom is 0.274 e. The highest BCUT2D eigenvalue weighted by Crippen LogP contribution is 2.11. The predicted octanol–water partition coefficient (Wildman–Crippen LogP) is 2.00. The molecule has 0 atom stereocenters. The number of aromatic amines is 1. The van der Waals surface area contributed by atoms with Gasteiger partial charge in [0, 0.05) is 12.1 Å². The third-order valence-electron chi connectivity index (χ3n) is 3.91. The maximum absolute atomic E-state index is 12.8. The van der Waals surface area contributed by atoms with Crippen LogP contribution in [-0.2, 0) is 4.79 Å². The minimum atomic E-state index is -0.276. The molecule has 1 amide bonds. The molecule has 0 aliphatic carbocycles. The highest BCUT2D eigenvalue weighted by Gasteiger charge is 2.24. The molecule has 5 heteroatoms. The van der Waals surface area contributed by atoms with Crippen molar-refractivity contribution in [2.75, 3.05) is 31.1 Å². The number of carbonyl (C=O) groups is 1. The third kappa shape index (κ3) is 3.94. The maximum atomic E-state index is 12.8. The molecule has 1 fully saturated rings. The number of hydrogen-bond acceptors (Lipinski definition) is 2. The van der Waals surface area contributed by atoms with Crippen molar-refractivity contribution in [1.82, 2.24) is 4.90 Å². The van der Waals surface area contributed by atoms with Gasteiger partial charge >= 0.3 is 0 Å². The Kier molecular flexibility index (Phi) is 4.66. The van der Waals surface area contributed by atoms with Crippen LogP contribution in [0.2, 0.25) is 0 Å². The zero-order valence-corrected chi connectivity index (χ0v) is 12.8. The number of carbonyl (C=O) groups excluding carboxylic acids is 1. The number of anilines is 1. The standard InChI is InChI=1S/C18H18FN3O/c19-16-7-4-15(5-8-16)6-9-18(23)22-13-11-21(12-14-22)17-3-1-2-10-20-17/h1-10H,11-14H2/p+1/b9-6+. The molecule has 4 nitrogen and oxygen atoms in total. The van der Waals surface area contributed by atoms with E-state index < -0.39 is 0 Å². The summed E-state index contributed by atoms with van der Waals surface area (Å²) >= 11 is 0. The van der Waals surface area contributed by atoms with E-state index in [1.807, 2.05) is 29.3 Å². The minimum Gasteiger partial charge on any atom is -0.331 e. The van der Waals surface area contributed by atoms with Crippen molar-refractivity contribution in [2.45, 2.75) is 0 Å². The summed E-state index contributed by atoms with van der Waals surface area (Å²) in [7, 11) is 0. The molecule has 0 bridgehead atoms. The van der Waals surface area contributed by atoms with Crippen molar-refractivity contribution in [3.8, 4) is 0 Å². The largest absolute Gasteiger partial charge is 0.331 e. The molecular formula is C18H19FN3O+. The lowest BCUT2D eigenvalue weighted by molar-refractivity contribution is -0.364. The fourth-order valence-corrected chi connectivity index (χ4v) is 2.60. The van der Waals surface area contributed by atoms with Gasteiger partial charge < -0.3 is 4.90 Å². The molecular weight excluding hydrogens is 293 g/mol. The summed E-state index contributed by atoms with van der Waals surface area (Å²) in [6.45, 7) is 2.98. The first-order valence-corrected chi connectivity index (χ1v) is 7.66. The number of halogens is 1. The first kappa shape index (κ1) is 15.2. The molecule has 1 aromatic carbocycles. The number of piperazine rings is 1. The Balaban J connectivity index is 1.55. The predicted molar refractivity (Wildman–Crippen MR) is 87.2 cm³/mol. The molecule has 1 aromatic heterocycles. The topological polar surface area (TPSA) is 37.7 Å². The summed E-state index contributed by atoms with van der Waals surface area (Å²) in [4.78, 5) is 19.5. The van der Waals surface area contributed by atoms with Crippen LogP contribution in [0.5, 0.6) is 0 Å². The summed E-state index contributed by atoms with van der Waals surface area (Å²) < 4.78 is 12.8. The van der Waals surface area contributed by atoms with Crippen LogP contribution in [0.1, 0.15) is 5.56 Å².